The standard InChI is InChI=1S/C17H23F3N6.HI/c1-2-21-16(22-9-3-4-10-26-12-24-25-13-26)23-11-14-5-7-15(8-6-14)17(18,19)20;/h5-8,12-13H,2-4,9-11H2,1H3,(H2,21,22,23);1H. The fraction of sp³-hybridized carbons (Fsp3) is 0.471. The molecule has 0 saturated carbocycles. The Morgan fingerprint density at radius 1 is 1.07 bits per heavy atom. The van der Waals surface area contributed by atoms with Crippen molar-refractivity contribution in [1.29, 1.82) is 0 Å². The van der Waals surface area contributed by atoms with Gasteiger partial charge in [0.25, 0.3) is 0 Å². The normalized spacial score (nSPS) is 11.8. The van der Waals surface area contributed by atoms with Gasteiger partial charge in [-0.1, -0.05) is 12.1 Å². The van der Waals surface area contributed by atoms with Gasteiger partial charge in [0.1, 0.15) is 12.7 Å². The molecule has 0 aliphatic rings. The zero-order valence-electron chi connectivity index (χ0n) is 15.0. The van der Waals surface area contributed by atoms with Crippen LogP contribution in [0.3, 0.4) is 0 Å². The molecule has 0 amide bonds. The zero-order chi connectivity index (χ0) is 18.8. The number of unbranched alkanes of at least 4 members (excludes halogenated alkanes) is 1. The number of aliphatic imine (C=N–C) groups is 1. The van der Waals surface area contributed by atoms with Gasteiger partial charge >= 0.3 is 6.18 Å². The summed E-state index contributed by atoms with van der Waals surface area (Å²) in [7, 11) is 0. The van der Waals surface area contributed by atoms with Crippen molar-refractivity contribution in [3.63, 3.8) is 0 Å². The largest absolute Gasteiger partial charge is 0.416 e. The van der Waals surface area contributed by atoms with Crippen molar-refractivity contribution in [2.45, 2.75) is 39.0 Å². The van der Waals surface area contributed by atoms with E-state index in [2.05, 4.69) is 25.8 Å². The van der Waals surface area contributed by atoms with Crippen LogP contribution in [0.15, 0.2) is 41.9 Å². The summed E-state index contributed by atoms with van der Waals surface area (Å²) >= 11 is 0. The first kappa shape index (κ1) is 23.2. The Balaban J connectivity index is 0.00000364. The number of alkyl halides is 3. The fourth-order valence-electron chi connectivity index (χ4n) is 2.27. The van der Waals surface area contributed by atoms with Crippen LogP contribution in [-0.2, 0) is 19.3 Å². The molecule has 1 heterocycles. The topological polar surface area (TPSA) is 67.1 Å². The molecule has 0 fully saturated rings. The van der Waals surface area contributed by atoms with Crippen molar-refractivity contribution in [3.8, 4) is 0 Å². The number of guanidine groups is 1. The van der Waals surface area contributed by atoms with Crippen LogP contribution >= 0.6 is 24.0 Å². The Hall–Kier alpha value is -1.85. The quantitative estimate of drug-likeness (QED) is 0.255. The molecular formula is C17H24F3IN6. The monoisotopic (exact) mass is 496 g/mol. The lowest BCUT2D eigenvalue weighted by atomic mass is 10.1. The number of aryl methyl sites for hydroxylation is 1. The van der Waals surface area contributed by atoms with Gasteiger partial charge in [0.15, 0.2) is 5.96 Å². The third kappa shape index (κ3) is 8.59. The summed E-state index contributed by atoms with van der Waals surface area (Å²) in [5.41, 5.74) is 0.0752. The molecule has 27 heavy (non-hydrogen) atoms. The van der Waals surface area contributed by atoms with Crippen LogP contribution in [0.5, 0.6) is 0 Å². The van der Waals surface area contributed by atoms with Crippen LogP contribution in [0.1, 0.15) is 30.9 Å². The number of aromatic nitrogens is 3. The zero-order valence-corrected chi connectivity index (χ0v) is 17.4. The van der Waals surface area contributed by atoms with Crippen LogP contribution in [0.25, 0.3) is 0 Å². The maximum absolute atomic E-state index is 12.6. The molecule has 2 rings (SSSR count). The number of benzene rings is 1. The Kier molecular flexibility index (Phi) is 10.1. The highest BCUT2D eigenvalue weighted by Gasteiger charge is 2.29. The van der Waals surface area contributed by atoms with Gasteiger partial charge in [-0.3, -0.25) is 0 Å². The number of rotatable bonds is 8. The molecular weight excluding hydrogens is 472 g/mol. The average molecular weight is 496 g/mol. The summed E-state index contributed by atoms with van der Waals surface area (Å²) in [5.74, 6) is 0.650. The predicted octanol–water partition coefficient (Wildman–Crippen LogP) is 3.45. The molecule has 0 bridgehead atoms. The third-order valence-electron chi connectivity index (χ3n) is 3.65. The lowest BCUT2D eigenvalue weighted by molar-refractivity contribution is -0.137. The van der Waals surface area contributed by atoms with E-state index in [0.29, 0.717) is 19.0 Å². The van der Waals surface area contributed by atoms with Gasteiger partial charge in [-0.15, -0.1) is 34.2 Å². The molecule has 150 valence electrons. The van der Waals surface area contributed by atoms with Crippen molar-refractivity contribution in [2.75, 3.05) is 13.1 Å². The van der Waals surface area contributed by atoms with Crippen molar-refractivity contribution in [2.24, 2.45) is 4.99 Å². The maximum atomic E-state index is 12.6. The van der Waals surface area contributed by atoms with Crippen LogP contribution in [0.2, 0.25) is 0 Å². The number of hydrogen-bond donors (Lipinski definition) is 2. The minimum atomic E-state index is -4.31. The molecule has 0 radical (unpaired) electrons. The fourth-order valence-corrected chi connectivity index (χ4v) is 2.27. The highest BCUT2D eigenvalue weighted by atomic mass is 127. The molecule has 0 unspecified atom stereocenters. The van der Waals surface area contributed by atoms with E-state index in [0.717, 1.165) is 43.6 Å². The summed E-state index contributed by atoms with van der Waals surface area (Å²) in [5, 5.41) is 13.9. The molecule has 0 aliphatic heterocycles. The van der Waals surface area contributed by atoms with Gasteiger partial charge in [0.2, 0.25) is 0 Å². The molecule has 2 aromatic rings. The molecule has 1 aromatic carbocycles. The molecule has 1 aromatic heterocycles. The molecule has 2 N–H and O–H groups in total. The van der Waals surface area contributed by atoms with Gasteiger partial charge in [0.05, 0.1) is 12.1 Å². The van der Waals surface area contributed by atoms with Crippen LogP contribution < -0.4 is 10.6 Å². The first-order chi connectivity index (χ1) is 12.5. The number of hydrogen-bond acceptors (Lipinski definition) is 3. The van der Waals surface area contributed by atoms with Gasteiger partial charge in [-0.05, 0) is 37.5 Å². The summed E-state index contributed by atoms with van der Waals surface area (Å²) in [4.78, 5) is 4.41. The van der Waals surface area contributed by atoms with E-state index in [1.165, 1.54) is 12.1 Å². The smallest absolute Gasteiger partial charge is 0.357 e. The van der Waals surface area contributed by atoms with E-state index >= 15 is 0 Å². The number of nitrogens with one attached hydrogen (secondary N) is 2. The molecule has 6 nitrogen and oxygen atoms in total. The van der Waals surface area contributed by atoms with Crippen LogP contribution in [0, 0.1) is 0 Å². The lowest BCUT2D eigenvalue weighted by Gasteiger charge is -2.11. The maximum Gasteiger partial charge on any atom is 0.416 e. The van der Waals surface area contributed by atoms with E-state index in [1.807, 2.05) is 11.5 Å². The summed E-state index contributed by atoms with van der Waals surface area (Å²) in [6.07, 6.45) is 0.976. The molecule has 10 heteroatoms. The Morgan fingerprint density at radius 2 is 1.74 bits per heavy atom. The number of nitrogens with zero attached hydrogens (tertiary/aromatic N) is 4. The second-order valence-electron chi connectivity index (χ2n) is 5.72. The average Bonchev–Trinajstić information content (AvgIpc) is 3.12. The van der Waals surface area contributed by atoms with E-state index in [4.69, 9.17) is 0 Å². The highest BCUT2D eigenvalue weighted by Crippen LogP contribution is 2.29. The van der Waals surface area contributed by atoms with Crippen molar-refractivity contribution >= 4 is 29.9 Å². The van der Waals surface area contributed by atoms with Crippen molar-refractivity contribution in [1.82, 2.24) is 25.4 Å². The van der Waals surface area contributed by atoms with Crippen LogP contribution in [-0.4, -0.2) is 33.8 Å². The minimum absolute atomic E-state index is 0. The van der Waals surface area contributed by atoms with E-state index in [-0.39, 0.29) is 24.0 Å². The van der Waals surface area contributed by atoms with Gasteiger partial charge in [-0.25, -0.2) is 4.99 Å². The van der Waals surface area contributed by atoms with E-state index < -0.39 is 11.7 Å². The van der Waals surface area contributed by atoms with Crippen molar-refractivity contribution in [3.05, 3.63) is 48.0 Å². The Morgan fingerprint density at radius 3 is 2.33 bits per heavy atom. The Labute approximate surface area is 173 Å². The number of halogens is 4. The Bertz CT molecular complexity index is 671. The van der Waals surface area contributed by atoms with Gasteiger partial charge in [-0.2, -0.15) is 13.2 Å². The first-order valence-corrected chi connectivity index (χ1v) is 8.49. The summed E-state index contributed by atoms with van der Waals surface area (Å²) in [6.45, 7) is 4.59. The molecule has 0 atom stereocenters. The summed E-state index contributed by atoms with van der Waals surface area (Å²) in [6, 6.07) is 5.07. The predicted molar refractivity (Wildman–Crippen MR) is 109 cm³/mol. The molecule has 0 aliphatic carbocycles. The van der Waals surface area contributed by atoms with E-state index in [9.17, 15) is 13.2 Å². The van der Waals surface area contributed by atoms with Gasteiger partial charge in [0, 0.05) is 19.6 Å². The highest BCUT2D eigenvalue weighted by molar-refractivity contribution is 14.0. The van der Waals surface area contributed by atoms with Crippen LogP contribution in [0.4, 0.5) is 13.2 Å². The minimum Gasteiger partial charge on any atom is -0.357 e. The second kappa shape index (κ2) is 11.8. The van der Waals surface area contributed by atoms with Gasteiger partial charge < -0.3 is 15.2 Å². The first-order valence-electron chi connectivity index (χ1n) is 8.49. The SMILES string of the molecule is CCNC(=NCc1ccc(C(F)(F)F)cc1)NCCCCn1cnnc1.I. The molecule has 0 saturated heterocycles. The van der Waals surface area contributed by atoms with Crippen molar-refractivity contribution < 1.29 is 13.2 Å². The summed E-state index contributed by atoms with van der Waals surface area (Å²) < 4.78 is 39.6. The lowest BCUT2D eigenvalue weighted by Crippen LogP contribution is -2.37. The molecule has 0 spiro atoms. The second-order valence-corrected chi connectivity index (χ2v) is 5.72. The van der Waals surface area contributed by atoms with E-state index in [1.54, 1.807) is 12.7 Å². The third-order valence-corrected chi connectivity index (χ3v) is 3.65.